The second-order valence-electron chi connectivity index (χ2n) is 5.80. The van der Waals surface area contributed by atoms with Crippen molar-refractivity contribution < 1.29 is 9.59 Å². The van der Waals surface area contributed by atoms with Gasteiger partial charge in [-0.15, -0.1) is 0 Å². The number of hydrogen-bond acceptors (Lipinski definition) is 3. The van der Waals surface area contributed by atoms with Crippen LogP contribution in [-0.4, -0.2) is 24.4 Å². The van der Waals surface area contributed by atoms with E-state index in [0.29, 0.717) is 17.4 Å². The highest BCUT2D eigenvalue weighted by Crippen LogP contribution is 2.25. The van der Waals surface area contributed by atoms with Crippen molar-refractivity contribution in [2.45, 2.75) is 39.7 Å². The molecule has 2 atom stereocenters. The molecule has 2 rings (SSSR count). The molecular formula is C16H23N3O2. The molecule has 1 saturated heterocycles. The highest BCUT2D eigenvalue weighted by molar-refractivity contribution is 5.99. The lowest BCUT2D eigenvalue weighted by atomic mass is 9.92. The average molecular weight is 289 g/mol. The van der Waals surface area contributed by atoms with Gasteiger partial charge >= 0.3 is 0 Å². The Bertz CT molecular complexity index is 542. The largest absolute Gasteiger partial charge is 0.325 e. The number of benzene rings is 1. The standard InChI is InChI=1S/C16H23N3O2/c1-10-4-5-14(18-12(3)20)15(8-10)19-16(21)13-6-7-17-11(2)9-13/h4-5,8,11,13,17H,6-7,9H2,1-3H3,(H,18,20)(H,19,21)/t11-,13-/m0/s1. The normalized spacial score (nSPS) is 21.7. The predicted octanol–water partition coefficient (Wildman–Crippen LogP) is 2.28. The Labute approximate surface area is 125 Å². The fraction of sp³-hybridized carbons (Fsp3) is 0.500. The average Bonchev–Trinajstić information content (AvgIpc) is 2.41. The zero-order valence-corrected chi connectivity index (χ0v) is 12.8. The molecular weight excluding hydrogens is 266 g/mol. The van der Waals surface area contributed by atoms with E-state index in [-0.39, 0.29) is 17.7 Å². The molecule has 5 heteroatoms. The Kier molecular flexibility index (Phi) is 4.96. The number of anilines is 2. The summed E-state index contributed by atoms with van der Waals surface area (Å²) in [5, 5.41) is 9.06. The van der Waals surface area contributed by atoms with Crippen LogP contribution in [0.2, 0.25) is 0 Å². The Balaban J connectivity index is 2.12. The fourth-order valence-corrected chi connectivity index (χ4v) is 2.67. The molecule has 1 aromatic rings. The third-order valence-corrected chi connectivity index (χ3v) is 3.74. The number of piperidine rings is 1. The summed E-state index contributed by atoms with van der Waals surface area (Å²) in [4.78, 5) is 23.7. The van der Waals surface area contributed by atoms with E-state index in [0.717, 1.165) is 24.9 Å². The maximum absolute atomic E-state index is 12.4. The quantitative estimate of drug-likeness (QED) is 0.799. The molecule has 1 fully saturated rings. The van der Waals surface area contributed by atoms with Crippen molar-refractivity contribution in [2.24, 2.45) is 5.92 Å². The fourth-order valence-electron chi connectivity index (χ4n) is 2.67. The molecule has 1 aliphatic heterocycles. The highest BCUT2D eigenvalue weighted by atomic mass is 16.2. The minimum absolute atomic E-state index is 0.0203. The highest BCUT2D eigenvalue weighted by Gasteiger charge is 2.25. The van der Waals surface area contributed by atoms with Crippen LogP contribution in [0.25, 0.3) is 0 Å². The minimum Gasteiger partial charge on any atom is -0.325 e. The number of carbonyl (C=O) groups excluding carboxylic acids is 2. The van der Waals surface area contributed by atoms with Crippen LogP contribution in [0.3, 0.4) is 0 Å². The van der Waals surface area contributed by atoms with Gasteiger partial charge in [0.15, 0.2) is 0 Å². The lowest BCUT2D eigenvalue weighted by Crippen LogP contribution is -2.40. The van der Waals surface area contributed by atoms with Gasteiger partial charge in [-0.05, 0) is 50.9 Å². The molecule has 21 heavy (non-hydrogen) atoms. The Morgan fingerprint density at radius 2 is 2.00 bits per heavy atom. The van der Waals surface area contributed by atoms with E-state index < -0.39 is 0 Å². The van der Waals surface area contributed by atoms with Gasteiger partial charge in [-0.3, -0.25) is 9.59 Å². The van der Waals surface area contributed by atoms with E-state index >= 15 is 0 Å². The van der Waals surface area contributed by atoms with Crippen LogP contribution in [0.1, 0.15) is 32.3 Å². The lowest BCUT2D eigenvalue weighted by molar-refractivity contribution is -0.121. The molecule has 0 saturated carbocycles. The van der Waals surface area contributed by atoms with Crippen molar-refractivity contribution >= 4 is 23.2 Å². The van der Waals surface area contributed by atoms with E-state index in [2.05, 4.69) is 22.9 Å². The van der Waals surface area contributed by atoms with Crippen LogP contribution in [-0.2, 0) is 9.59 Å². The number of aryl methyl sites for hydroxylation is 1. The number of carbonyl (C=O) groups is 2. The van der Waals surface area contributed by atoms with Gasteiger partial charge in [0.25, 0.3) is 0 Å². The number of amides is 2. The van der Waals surface area contributed by atoms with Gasteiger partial charge in [-0.25, -0.2) is 0 Å². The van der Waals surface area contributed by atoms with Crippen molar-refractivity contribution in [3.8, 4) is 0 Å². The summed E-state index contributed by atoms with van der Waals surface area (Å²) in [6, 6.07) is 5.97. The Hall–Kier alpha value is -1.88. The van der Waals surface area contributed by atoms with Crippen molar-refractivity contribution in [2.75, 3.05) is 17.2 Å². The first kappa shape index (κ1) is 15.5. The van der Waals surface area contributed by atoms with E-state index in [9.17, 15) is 9.59 Å². The van der Waals surface area contributed by atoms with Crippen molar-refractivity contribution in [1.82, 2.24) is 5.32 Å². The summed E-state index contributed by atoms with van der Waals surface area (Å²) >= 11 is 0. The summed E-state index contributed by atoms with van der Waals surface area (Å²) in [5.41, 5.74) is 2.35. The lowest BCUT2D eigenvalue weighted by Gasteiger charge is -2.27. The summed E-state index contributed by atoms with van der Waals surface area (Å²) in [6.45, 7) is 6.38. The number of nitrogens with one attached hydrogen (secondary N) is 3. The van der Waals surface area contributed by atoms with Gasteiger partial charge in [0, 0.05) is 18.9 Å². The second kappa shape index (κ2) is 6.72. The molecule has 0 unspecified atom stereocenters. The summed E-state index contributed by atoms with van der Waals surface area (Å²) in [5.74, 6) is -0.0997. The maximum Gasteiger partial charge on any atom is 0.227 e. The molecule has 1 aliphatic rings. The van der Waals surface area contributed by atoms with Gasteiger partial charge in [0.05, 0.1) is 11.4 Å². The summed E-state index contributed by atoms with van der Waals surface area (Å²) in [6.07, 6.45) is 1.69. The minimum atomic E-state index is -0.148. The first-order chi connectivity index (χ1) is 9.95. The van der Waals surface area contributed by atoms with Gasteiger partial charge < -0.3 is 16.0 Å². The molecule has 1 aromatic carbocycles. The topological polar surface area (TPSA) is 70.2 Å². The van der Waals surface area contributed by atoms with Crippen LogP contribution in [0.4, 0.5) is 11.4 Å². The third kappa shape index (κ3) is 4.29. The van der Waals surface area contributed by atoms with Gasteiger partial charge in [0.2, 0.25) is 11.8 Å². The summed E-state index contributed by atoms with van der Waals surface area (Å²) < 4.78 is 0. The summed E-state index contributed by atoms with van der Waals surface area (Å²) in [7, 11) is 0. The van der Waals surface area contributed by atoms with E-state index in [1.54, 1.807) is 0 Å². The van der Waals surface area contributed by atoms with Crippen LogP contribution >= 0.6 is 0 Å². The van der Waals surface area contributed by atoms with E-state index in [1.165, 1.54) is 6.92 Å². The zero-order chi connectivity index (χ0) is 15.4. The SMILES string of the molecule is CC(=O)Nc1ccc(C)cc1NC(=O)[C@H]1CCN[C@@H](C)C1. The van der Waals surface area contributed by atoms with Crippen molar-refractivity contribution in [3.63, 3.8) is 0 Å². The number of hydrogen-bond donors (Lipinski definition) is 3. The molecule has 5 nitrogen and oxygen atoms in total. The van der Waals surface area contributed by atoms with E-state index in [1.807, 2.05) is 25.1 Å². The number of rotatable bonds is 3. The van der Waals surface area contributed by atoms with Crippen LogP contribution < -0.4 is 16.0 Å². The molecule has 0 spiro atoms. The first-order valence-electron chi connectivity index (χ1n) is 7.38. The first-order valence-corrected chi connectivity index (χ1v) is 7.38. The smallest absolute Gasteiger partial charge is 0.227 e. The maximum atomic E-state index is 12.4. The Morgan fingerprint density at radius 1 is 1.24 bits per heavy atom. The molecule has 2 amide bonds. The van der Waals surface area contributed by atoms with Gasteiger partial charge in [-0.1, -0.05) is 6.07 Å². The third-order valence-electron chi connectivity index (χ3n) is 3.74. The van der Waals surface area contributed by atoms with Crippen LogP contribution in [0.5, 0.6) is 0 Å². The van der Waals surface area contributed by atoms with Gasteiger partial charge in [0.1, 0.15) is 0 Å². The molecule has 0 radical (unpaired) electrons. The molecule has 1 heterocycles. The van der Waals surface area contributed by atoms with Crippen molar-refractivity contribution in [3.05, 3.63) is 23.8 Å². The molecule has 0 aliphatic carbocycles. The Morgan fingerprint density at radius 3 is 2.67 bits per heavy atom. The van der Waals surface area contributed by atoms with Gasteiger partial charge in [-0.2, -0.15) is 0 Å². The second-order valence-corrected chi connectivity index (χ2v) is 5.80. The van der Waals surface area contributed by atoms with E-state index in [4.69, 9.17) is 0 Å². The van der Waals surface area contributed by atoms with Crippen LogP contribution in [0.15, 0.2) is 18.2 Å². The molecule has 0 bridgehead atoms. The zero-order valence-electron chi connectivity index (χ0n) is 12.8. The van der Waals surface area contributed by atoms with Crippen LogP contribution in [0, 0.1) is 12.8 Å². The monoisotopic (exact) mass is 289 g/mol. The molecule has 114 valence electrons. The predicted molar refractivity (Wildman–Crippen MR) is 84.3 cm³/mol. The van der Waals surface area contributed by atoms with Crippen molar-refractivity contribution in [1.29, 1.82) is 0 Å². The molecule has 3 N–H and O–H groups in total. The molecule has 0 aromatic heterocycles.